The largest absolute Gasteiger partial charge is 0.461 e. The zero-order valence-corrected chi connectivity index (χ0v) is 9.62. The smallest absolute Gasteiger partial charge is 0.332 e. The van der Waals surface area contributed by atoms with Crippen LogP contribution in [0.4, 0.5) is 0 Å². The molecule has 2 unspecified atom stereocenters. The number of cyclic esters (lactones) is 1. The quantitative estimate of drug-likeness (QED) is 0.658. The molecule has 1 saturated heterocycles. The van der Waals surface area contributed by atoms with Gasteiger partial charge in [0.1, 0.15) is 13.2 Å². The van der Waals surface area contributed by atoms with Gasteiger partial charge in [-0.25, -0.2) is 4.79 Å². The minimum atomic E-state index is -0.224. The Morgan fingerprint density at radius 3 is 2.80 bits per heavy atom. The SMILES string of the molecule is CC1(C)CCC(CC2COC(=O)CO2)C1. The van der Waals surface area contributed by atoms with Crippen molar-refractivity contribution in [2.45, 2.75) is 45.6 Å². The van der Waals surface area contributed by atoms with Crippen molar-refractivity contribution in [1.29, 1.82) is 0 Å². The summed E-state index contributed by atoms with van der Waals surface area (Å²) in [6.45, 7) is 5.25. The molecule has 3 nitrogen and oxygen atoms in total. The summed E-state index contributed by atoms with van der Waals surface area (Å²) in [4.78, 5) is 10.8. The first-order valence-corrected chi connectivity index (χ1v) is 5.82. The molecule has 0 aromatic heterocycles. The van der Waals surface area contributed by atoms with Crippen LogP contribution in [0.25, 0.3) is 0 Å². The lowest BCUT2D eigenvalue weighted by atomic mass is 9.89. The van der Waals surface area contributed by atoms with E-state index < -0.39 is 0 Å². The molecule has 0 aromatic carbocycles. The van der Waals surface area contributed by atoms with Crippen LogP contribution in [0.1, 0.15) is 39.5 Å². The first kappa shape index (κ1) is 10.9. The average molecular weight is 212 g/mol. The monoisotopic (exact) mass is 212 g/mol. The Morgan fingerprint density at radius 1 is 1.47 bits per heavy atom. The number of carbonyl (C=O) groups excluding carboxylic acids is 1. The van der Waals surface area contributed by atoms with E-state index in [9.17, 15) is 4.79 Å². The Morgan fingerprint density at radius 2 is 2.27 bits per heavy atom. The fourth-order valence-corrected chi connectivity index (χ4v) is 2.75. The van der Waals surface area contributed by atoms with E-state index in [-0.39, 0.29) is 18.7 Å². The molecule has 2 fully saturated rings. The van der Waals surface area contributed by atoms with Gasteiger partial charge in [-0.2, -0.15) is 0 Å². The van der Waals surface area contributed by atoms with Gasteiger partial charge in [-0.15, -0.1) is 0 Å². The highest BCUT2D eigenvalue weighted by atomic mass is 16.6. The summed E-state index contributed by atoms with van der Waals surface area (Å²) in [5.41, 5.74) is 0.496. The molecule has 2 aliphatic rings. The van der Waals surface area contributed by atoms with Gasteiger partial charge in [0.25, 0.3) is 0 Å². The average Bonchev–Trinajstić information content (AvgIpc) is 2.50. The van der Waals surface area contributed by atoms with E-state index in [0.717, 1.165) is 12.3 Å². The van der Waals surface area contributed by atoms with E-state index in [2.05, 4.69) is 13.8 Å². The van der Waals surface area contributed by atoms with E-state index in [4.69, 9.17) is 9.47 Å². The van der Waals surface area contributed by atoms with Gasteiger partial charge in [0.15, 0.2) is 0 Å². The van der Waals surface area contributed by atoms with Crippen LogP contribution >= 0.6 is 0 Å². The third-order valence-electron chi connectivity index (χ3n) is 3.53. The van der Waals surface area contributed by atoms with Gasteiger partial charge in [-0.3, -0.25) is 0 Å². The summed E-state index contributed by atoms with van der Waals surface area (Å²) >= 11 is 0. The number of carbonyl (C=O) groups is 1. The molecule has 2 rings (SSSR count). The second-order valence-corrected chi connectivity index (χ2v) is 5.62. The predicted molar refractivity (Wildman–Crippen MR) is 56.4 cm³/mol. The van der Waals surface area contributed by atoms with Crippen molar-refractivity contribution in [3.05, 3.63) is 0 Å². The van der Waals surface area contributed by atoms with Crippen molar-refractivity contribution >= 4 is 5.97 Å². The molecule has 0 radical (unpaired) electrons. The summed E-state index contributed by atoms with van der Waals surface area (Å²) < 4.78 is 10.4. The minimum Gasteiger partial charge on any atom is -0.461 e. The van der Waals surface area contributed by atoms with E-state index in [1.165, 1.54) is 19.3 Å². The van der Waals surface area contributed by atoms with Gasteiger partial charge in [-0.1, -0.05) is 13.8 Å². The number of hydrogen-bond donors (Lipinski definition) is 0. The number of hydrogen-bond acceptors (Lipinski definition) is 3. The first-order valence-electron chi connectivity index (χ1n) is 5.82. The highest BCUT2D eigenvalue weighted by molar-refractivity contribution is 5.71. The van der Waals surface area contributed by atoms with E-state index in [1.54, 1.807) is 0 Å². The molecule has 0 aromatic rings. The maximum Gasteiger partial charge on any atom is 0.332 e. The Hall–Kier alpha value is -0.570. The van der Waals surface area contributed by atoms with E-state index in [1.807, 2.05) is 0 Å². The summed E-state index contributed by atoms with van der Waals surface area (Å²) in [5, 5.41) is 0. The van der Waals surface area contributed by atoms with Crippen molar-refractivity contribution in [1.82, 2.24) is 0 Å². The summed E-state index contributed by atoms with van der Waals surface area (Å²) in [6.07, 6.45) is 5.07. The van der Waals surface area contributed by atoms with Gasteiger partial charge >= 0.3 is 5.97 Å². The van der Waals surface area contributed by atoms with Crippen LogP contribution in [-0.2, 0) is 14.3 Å². The van der Waals surface area contributed by atoms with Crippen LogP contribution in [0.3, 0.4) is 0 Å². The van der Waals surface area contributed by atoms with Crippen molar-refractivity contribution in [2.75, 3.05) is 13.2 Å². The van der Waals surface area contributed by atoms with Crippen LogP contribution < -0.4 is 0 Å². The first-order chi connectivity index (χ1) is 7.05. The molecule has 0 amide bonds. The highest BCUT2D eigenvalue weighted by Gasteiger charge is 2.33. The van der Waals surface area contributed by atoms with Gasteiger partial charge < -0.3 is 9.47 Å². The van der Waals surface area contributed by atoms with Crippen molar-refractivity contribution in [3.63, 3.8) is 0 Å². The summed E-state index contributed by atoms with van der Waals surface area (Å²) in [5.74, 6) is 0.528. The molecule has 1 saturated carbocycles. The zero-order chi connectivity index (χ0) is 10.9. The number of ether oxygens (including phenoxy) is 2. The topological polar surface area (TPSA) is 35.5 Å². The Balaban J connectivity index is 1.76. The van der Waals surface area contributed by atoms with Crippen LogP contribution in [0, 0.1) is 11.3 Å². The Bertz CT molecular complexity index is 237. The van der Waals surface area contributed by atoms with Crippen molar-refractivity contribution in [3.8, 4) is 0 Å². The molecule has 0 bridgehead atoms. The molecule has 2 atom stereocenters. The van der Waals surface area contributed by atoms with Crippen LogP contribution in [0.5, 0.6) is 0 Å². The molecule has 0 spiro atoms. The Kier molecular flexibility index (Phi) is 3.01. The second-order valence-electron chi connectivity index (χ2n) is 5.62. The van der Waals surface area contributed by atoms with Crippen LogP contribution in [0.15, 0.2) is 0 Å². The number of esters is 1. The molecule has 3 heteroatoms. The summed E-state index contributed by atoms with van der Waals surface area (Å²) in [6, 6.07) is 0. The fraction of sp³-hybridized carbons (Fsp3) is 0.917. The predicted octanol–water partition coefficient (Wildman–Crippen LogP) is 2.14. The lowest BCUT2D eigenvalue weighted by Gasteiger charge is -2.25. The van der Waals surface area contributed by atoms with Gasteiger partial charge in [0, 0.05) is 0 Å². The maximum absolute atomic E-state index is 10.8. The Labute approximate surface area is 91.1 Å². The highest BCUT2D eigenvalue weighted by Crippen LogP contribution is 2.43. The molecule has 1 heterocycles. The number of rotatable bonds is 2. The van der Waals surface area contributed by atoms with Crippen LogP contribution in [-0.4, -0.2) is 25.3 Å². The fourth-order valence-electron chi connectivity index (χ4n) is 2.75. The van der Waals surface area contributed by atoms with E-state index >= 15 is 0 Å². The molecule has 86 valence electrons. The van der Waals surface area contributed by atoms with Gasteiger partial charge in [-0.05, 0) is 37.0 Å². The molecular formula is C12H20O3. The third kappa shape index (κ3) is 2.94. The van der Waals surface area contributed by atoms with Crippen LogP contribution in [0.2, 0.25) is 0 Å². The normalized spacial score (nSPS) is 35.2. The lowest BCUT2D eigenvalue weighted by Crippen LogP contribution is -2.33. The third-order valence-corrected chi connectivity index (χ3v) is 3.53. The van der Waals surface area contributed by atoms with Gasteiger partial charge in [0.2, 0.25) is 0 Å². The van der Waals surface area contributed by atoms with Crippen molar-refractivity contribution < 1.29 is 14.3 Å². The zero-order valence-electron chi connectivity index (χ0n) is 9.62. The van der Waals surface area contributed by atoms with Gasteiger partial charge in [0.05, 0.1) is 6.10 Å². The maximum atomic E-state index is 10.8. The molecule has 1 aliphatic heterocycles. The molecule has 1 aliphatic carbocycles. The van der Waals surface area contributed by atoms with Crippen molar-refractivity contribution in [2.24, 2.45) is 11.3 Å². The summed E-state index contributed by atoms with van der Waals surface area (Å²) in [7, 11) is 0. The minimum absolute atomic E-state index is 0.140. The lowest BCUT2D eigenvalue weighted by molar-refractivity contribution is -0.169. The van der Waals surface area contributed by atoms with E-state index in [0.29, 0.717) is 12.0 Å². The molecular weight excluding hydrogens is 192 g/mol. The second kappa shape index (κ2) is 4.12. The molecule has 0 N–H and O–H groups in total. The standard InChI is InChI=1S/C12H20O3/c1-12(2)4-3-9(6-12)5-10-7-15-11(13)8-14-10/h9-10H,3-8H2,1-2H3. The molecule has 15 heavy (non-hydrogen) atoms.